The van der Waals surface area contributed by atoms with Gasteiger partial charge in [-0.3, -0.25) is 4.79 Å². The van der Waals surface area contributed by atoms with Crippen LogP contribution in [0.5, 0.6) is 5.75 Å². The summed E-state index contributed by atoms with van der Waals surface area (Å²) in [7, 11) is 1.71. The van der Waals surface area contributed by atoms with Gasteiger partial charge >= 0.3 is 0 Å². The van der Waals surface area contributed by atoms with E-state index in [1.165, 1.54) is 4.57 Å². The molecule has 3 heteroatoms. The summed E-state index contributed by atoms with van der Waals surface area (Å²) in [4.78, 5) is 11.7. The Labute approximate surface area is 81.2 Å². The lowest BCUT2D eigenvalue weighted by Gasteiger charge is -2.06. The van der Waals surface area contributed by atoms with E-state index in [4.69, 9.17) is 0 Å². The lowest BCUT2D eigenvalue weighted by atomic mass is 10.1. The highest BCUT2D eigenvalue weighted by molar-refractivity contribution is 5.89. The SMILES string of the molecule is Cc1cn(C)c(=O)c2cccc(O)c12. The molecule has 1 aromatic carbocycles. The summed E-state index contributed by atoms with van der Waals surface area (Å²) >= 11 is 0. The largest absolute Gasteiger partial charge is 0.507 e. The van der Waals surface area contributed by atoms with Gasteiger partial charge in [-0.15, -0.1) is 0 Å². The van der Waals surface area contributed by atoms with E-state index in [1.54, 1.807) is 31.4 Å². The van der Waals surface area contributed by atoms with Crippen molar-refractivity contribution >= 4 is 10.8 Å². The van der Waals surface area contributed by atoms with Crippen LogP contribution in [0.15, 0.2) is 29.2 Å². The minimum atomic E-state index is -0.0819. The van der Waals surface area contributed by atoms with Crippen molar-refractivity contribution in [2.24, 2.45) is 7.05 Å². The van der Waals surface area contributed by atoms with Gasteiger partial charge in [-0.2, -0.15) is 0 Å². The van der Waals surface area contributed by atoms with E-state index >= 15 is 0 Å². The molecule has 2 rings (SSSR count). The van der Waals surface area contributed by atoms with Crippen molar-refractivity contribution in [1.82, 2.24) is 4.57 Å². The van der Waals surface area contributed by atoms with Crippen LogP contribution in [-0.4, -0.2) is 9.67 Å². The predicted molar refractivity (Wildman–Crippen MR) is 55.6 cm³/mol. The molecule has 1 aromatic heterocycles. The number of nitrogens with zero attached hydrogens (tertiary/aromatic N) is 1. The second-order valence-corrected chi connectivity index (χ2v) is 3.43. The fourth-order valence-corrected chi connectivity index (χ4v) is 1.74. The molecule has 0 spiro atoms. The molecule has 72 valence electrons. The molecule has 3 nitrogen and oxygen atoms in total. The van der Waals surface area contributed by atoms with E-state index in [-0.39, 0.29) is 11.3 Å². The molecule has 14 heavy (non-hydrogen) atoms. The van der Waals surface area contributed by atoms with Crippen LogP contribution >= 0.6 is 0 Å². The standard InChI is InChI=1S/C11H11NO2/c1-7-6-12(2)11(14)8-4-3-5-9(13)10(7)8/h3-6,13H,1-2H3. The van der Waals surface area contributed by atoms with Gasteiger partial charge in [-0.25, -0.2) is 0 Å². The molecule has 0 saturated heterocycles. The number of aromatic nitrogens is 1. The summed E-state index contributed by atoms with van der Waals surface area (Å²) in [5.74, 6) is 0.165. The fraction of sp³-hybridized carbons (Fsp3) is 0.182. The first-order valence-corrected chi connectivity index (χ1v) is 4.39. The number of hydrogen-bond acceptors (Lipinski definition) is 2. The minimum Gasteiger partial charge on any atom is -0.507 e. The van der Waals surface area contributed by atoms with Crippen molar-refractivity contribution in [3.8, 4) is 5.75 Å². The van der Waals surface area contributed by atoms with Crippen molar-refractivity contribution in [2.75, 3.05) is 0 Å². The van der Waals surface area contributed by atoms with Crippen LogP contribution in [0.2, 0.25) is 0 Å². The van der Waals surface area contributed by atoms with Crippen LogP contribution in [-0.2, 0) is 7.05 Å². The molecule has 0 aliphatic rings. The molecule has 0 bridgehead atoms. The molecule has 0 amide bonds. The second-order valence-electron chi connectivity index (χ2n) is 3.43. The highest BCUT2D eigenvalue weighted by Gasteiger charge is 2.06. The van der Waals surface area contributed by atoms with Crippen molar-refractivity contribution in [1.29, 1.82) is 0 Å². The van der Waals surface area contributed by atoms with Gasteiger partial charge in [0.05, 0.1) is 5.39 Å². The average molecular weight is 189 g/mol. The Kier molecular flexibility index (Phi) is 1.81. The molecule has 0 unspecified atom stereocenters. The van der Waals surface area contributed by atoms with Crippen LogP contribution in [0.1, 0.15) is 5.56 Å². The van der Waals surface area contributed by atoms with Gasteiger partial charge in [-0.1, -0.05) is 6.07 Å². The zero-order valence-electron chi connectivity index (χ0n) is 8.11. The zero-order valence-corrected chi connectivity index (χ0v) is 8.11. The Balaban J connectivity index is 3.10. The van der Waals surface area contributed by atoms with Crippen molar-refractivity contribution in [3.63, 3.8) is 0 Å². The molecule has 0 aliphatic heterocycles. The first-order chi connectivity index (χ1) is 6.61. The number of hydrogen-bond donors (Lipinski definition) is 1. The summed E-state index contributed by atoms with van der Waals surface area (Å²) in [6.45, 7) is 1.88. The lowest BCUT2D eigenvalue weighted by molar-refractivity contribution is 0.481. The molecule has 1 N–H and O–H groups in total. The quantitative estimate of drug-likeness (QED) is 0.683. The van der Waals surface area contributed by atoms with E-state index in [2.05, 4.69) is 0 Å². The molecule has 0 radical (unpaired) electrons. The number of pyridine rings is 1. The maximum absolute atomic E-state index is 11.7. The Hall–Kier alpha value is -1.77. The van der Waals surface area contributed by atoms with E-state index in [0.717, 1.165) is 5.56 Å². The molecular formula is C11H11NO2. The summed E-state index contributed by atoms with van der Waals surface area (Å²) in [6, 6.07) is 5.00. The maximum Gasteiger partial charge on any atom is 0.258 e. The molecule has 0 atom stereocenters. The number of phenols is 1. The van der Waals surface area contributed by atoms with Gasteiger partial charge in [0, 0.05) is 18.6 Å². The number of benzene rings is 1. The predicted octanol–water partition coefficient (Wildman–Crippen LogP) is 1.55. The van der Waals surface area contributed by atoms with Crippen LogP contribution < -0.4 is 5.56 Å². The molecular weight excluding hydrogens is 178 g/mol. The number of rotatable bonds is 0. The van der Waals surface area contributed by atoms with Crippen LogP contribution in [0.3, 0.4) is 0 Å². The lowest BCUT2D eigenvalue weighted by Crippen LogP contribution is -2.16. The maximum atomic E-state index is 11.7. The molecule has 0 fully saturated rings. The van der Waals surface area contributed by atoms with Gasteiger partial charge in [0.1, 0.15) is 5.75 Å². The third-order valence-electron chi connectivity index (χ3n) is 2.37. The molecule has 1 heterocycles. The molecule has 0 aliphatic carbocycles. The number of aryl methyl sites for hydroxylation is 2. The van der Waals surface area contributed by atoms with Gasteiger partial charge in [0.25, 0.3) is 5.56 Å². The van der Waals surface area contributed by atoms with Crippen molar-refractivity contribution in [2.45, 2.75) is 6.92 Å². The third kappa shape index (κ3) is 1.09. The molecule has 2 aromatic rings. The topological polar surface area (TPSA) is 42.2 Å². The summed E-state index contributed by atoms with van der Waals surface area (Å²) in [5, 5.41) is 10.8. The Morgan fingerprint density at radius 1 is 1.36 bits per heavy atom. The third-order valence-corrected chi connectivity index (χ3v) is 2.37. The summed E-state index contributed by atoms with van der Waals surface area (Å²) in [5.41, 5.74) is 0.821. The monoisotopic (exact) mass is 189 g/mol. The van der Waals surface area contributed by atoms with Crippen LogP contribution in [0.25, 0.3) is 10.8 Å². The normalized spacial score (nSPS) is 10.7. The highest BCUT2D eigenvalue weighted by Crippen LogP contribution is 2.24. The Bertz CT molecular complexity index is 555. The first kappa shape index (κ1) is 8.81. The number of aromatic hydroxyl groups is 1. The van der Waals surface area contributed by atoms with Gasteiger partial charge in [0.15, 0.2) is 0 Å². The van der Waals surface area contributed by atoms with Gasteiger partial charge in [-0.05, 0) is 24.6 Å². The van der Waals surface area contributed by atoms with E-state index in [0.29, 0.717) is 10.8 Å². The smallest absolute Gasteiger partial charge is 0.258 e. The van der Waals surface area contributed by atoms with E-state index in [1.807, 2.05) is 6.92 Å². The summed E-state index contributed by atoms with van der Waals surface area (Å²) < 4.78 is 1.52. The van der Waals surface area contributed by atoms with Crippen LogP contribution in [0.4, 0.5) is 0 Å². The second kappa shape index (κ2) is 2.87. The zero-order chi connectivity index (χ0) is 10.3. The first-order valence-electron chi connectivity index (χ1n) is 4.39. The fourth-order valence-electron chi connectivity index (χ4n) is 1.74. The number of phenolic OH excluding ortho intramolecular Hbond substituents is 1. The average Bonchev–Trinajstić information content (AvgIpc) is 2.14. The van der Waals surface area contributed by atoms with Crippen LogP contribution in [0, 0.1) is 6.92 Å². The van der Waals surface area contributed by atoms with E-state index in [9.17, 15) is 9.90 Å². The highest BCUT2D eigenvalue weighted by atomic mass is 16.3. The molecule has 0 saturated carbocycles. The van der Waals surface area contributed by atoms with Gasteiger partial charge < -0.3 is 9.67 Å². The van der Waals surface area contributed by atoms with Gasteiger partial charge in [0.2, 0.25) is 0 Å². The minimum absolute atomic E-state index is 0.0819. The van der Waals surface area contributed by atoms with Crippen molar-refractivity contribution in [3.05, 3.63) is 40.3 Å². The Morgan fingerprint density at radius 3 is 2.79 bits per heavy atom. The summed E-state index contributed by atoms with van der Waals surface area (Å²) in [6.07, 6.45) is 1.73. The number of fused-ring (bicyclic) bond motifs is 1. The van der Waals surface area contributed by atoms with Crippen molar-refractivity contribution < 1.29 is 5.11 Å². The Morgan fingerprint density at radius 2 is 2.07 bits per heavy atom. The van der Waals surface area contributed by atoms with E-state index < -0.39 is 0 Å².